The minimum absolute atomic E-state index is 1.28. The molecule has 0 aromatic rings. The van der Waals surface area contributed by atoms with E-state index in [1.165, 1.54) is 30.7 Å². The SMILES string of the molecule is CC[N+](CC)(CC)CC.[O-]C(F)=C(C(F)(F)F)C(F)(F)F. The smallest absolute Gasteiger partial charge is 0.422 e. The van der Waals surface area contributed by atoms with Crippen molar-refractivity contribution in [2.75, 3.05) is 26.2 Å². The summed E-state index contributed by atoms with van der Waals surface area (Å²) in [5, 5.41) is 9.29. The summed E-state index contributed by atoms with van der Waals surface area (Å²) in [6.07, 6.45) is -12.0. The highest BCUT2D eigenvalue weighted by Crippen LogP contribution is 2.39. The van der Waals surface area contributed by atoms with Crippen LogP contribution in [-0.4, -0.2) is 43.0 Å². The second-order valence-electron chi connectivity index (χ2n) is 4.25. The summed E-state index contributed by atoms with van der Waals surface area (Å²) in [5.41, 5.74) is -3.64. The standard InChI is InChI=1S/C8H20N.C4HF7O/c1-5-9(6-2,7-3)8-4;5-2(12)1(3(6,7)8)4(9,10)11/h5-8H2,1-4H3;12H/q+1;/p-1. The first-order valence-corrected chi connectivity index (χ1v) is 6.37. The van der Waals surface area contributed by atoms with Crippen molar-refractivity contribution in [2.45, 2.75) is 40.0 Å². The minimum atomic E-state index is -6.01. The van der Waals surface area contributed by atoms with Crippen LogP contribution in [0.4, 0.5) is 30.7 Å². The second kappa shape index (κ2) is 8.45. The Balaban J connectivity index is 0. The summed E-state index contributed by atoms with van der Waals surface area (Å²) in [7, 11) is 0. The molecule has 0 heterocycles. The Hall–Kier alpha value is -0.990. The fourth-order valence-corrected chi connectivity index (χ4v) is 1.73. The Morgan fingerprint density at radius 2 is 1.00 bits per heavy atom. The van der Waals surface area contributed by atoms with Crippen molar-refractivity contribution in [3.05, 3.63) is 11.6 Å². The molecule has 0 fully saturated rings. The van der Waals surface area contributed by atoms with Gasteiger partial charge in [0.25, 0.3) is 0 Å². The van der Waals surface area contributed by atoms with Gasteiger partial charge in [0.2, 0.25) is 0 Å². The minimum Gasteiger partial charge on any atom is -0.851 e. The largest absolute Gasteiger partial charge is 0.851 e. The molecule has 0 bridgehead atoms. The molecule has 9 heteroatoms. The summed E-state index contributed by atoms with van der Waals surface area (Å²) in [6.45, 7) is 14.2. The maximum atomic E-state index is 11.2. The van der Waals surface area contributed by atoms with Crippen LogP contribution >= 0.6 is 0 Å². The van der Waals surface area contributed by atoms with Crippen molar-refractivity contribution in [1.82, 2.24) is 0 Å². The zero-order chi connectivity index (χ0) is 17.5. The average Bonchev–Trinajstić information content (AvgIpc) is 2.29. The molecule has 0 rings (SSSR count). The quantitative estimate of drug-likeness (QED) is 0.440. The van der Waals surface area contributed by atoms with Crippen LogP contribution in [0, 0.1) is 0 Å². The van der Waals surface area contributed by atoms with Gasteiger partial charge in [0.05, 0.1) is 32.2 Å². The van der Waals surface area contributed by atoms with E-state index in [2.05, 4.69) is 27.7 Å². The Kier molecular flexibility index (Phi) is 8.97. The Morgan fingerprint density at radius 1 is 0.762 bits per heavy atom. The van der Waals surface area contributed by atoms with Crippen molar-refractivity contribution in [1.29, 1.82) is 0 Å². The molecular formula is C12H20F7NO. The van der Waals surface area contributed by atoms with E-state index >= 15 is 0 Å². The lowest BCUT2D eigenvalue weighted by Crippen LogP contribution is -2.47. The number of hydrogen-bond acceptors (Lipinski definition) is 1. The van der Waals surface area contributed by atoms with E-state index in [1.54, 1.807) is 0 Å². The molecule has 0 atom stereocenters. The number of alkyl halides is 6. The van der Waals surface area contributed by atoms with Gasteiger partial charge in [0, 0.05) is 0 Å². The molecule has 0 aromatic carbocycles. The summed E-state index contributed by atoms with van der Waals surface area (Å²) >= 11 is 0. The molecular weight excluding hydrogens is 307 g/mol. The molecule has 0 saturated carbocycles. The van der Waals surface area contributed by atoms with E-state index in [-0.39, 0.29) is 0 Å². The monoisotopic (exact) mass is 327 g/mol. The van der Waals surface area contributed by atoms with Crippen LogP contribution in [0.15, 0.2) is 11.6 Å². The molecule has 0 saturated heterocycles. The summed E-state index contributed by atoms with van der Waals surface area (Å²) in [4.78, 5) is 0. The lowest BCUT2D eigenvalue weighted by Gasteiger charge is -2.34. The van der Waals surface area contributed by atoms with E-state index in [1.807, 2.05) is 0 Å². The normalized spacial score (nSPS) is 12.5. The predicted molar refractivity (Wildman–Crippen MR) is 62.7 cm³/mol. The molecule has 0 aliphatic carbocycles. The lowest BCUT2D eigenvalue weighted by molar-refractivity contribution is -0.921. The molecule has 128 valence electrons. The summed E-state index contributed by atoms with van der Waals surface area (Å²) < 4.78 is 80.0. The average molecular weight is 327 g/mol. The van der Waals surface area contributed by atoms with Gasteiger partial charge in [-0.25, -0.2) is 4.39 Å². The second-order valence-corrected chi connectivity index (χ2v) is 4.25. The molecule has 21 heavy (non-hydrogen) atoms. The fourth-order valence-electron chi connectivity index (χ4n) is 1.73. The number of allylic oxidation sites excluding steroid dienone is 1. The first kappa shape index (κ1) is 22.3. The van der Waals surface area contributed by atoms with Crippen molar-refractivity contribution < 1.29 is 40.3 Å². The zero-order valence-electron chi connectivity index (χ0n) is 12.3. The Morgan fingerprint density at radius 3 is 1.00 bits per heavy atom. The van der Waals surface area contributed by atoms with Gasteiger partial charge in [-0.1, -0.05) is 0 Å². The highest BCUT2D eigenvalue weighted by Gasteiger charge is 2.51. The van der Waals surface area contributed by atoms with Crippen molar-refractivity contribution in [3.63, 3.8) is 0 Å². The van der Waals surface area contributed by atoms with Gasteiger partial charge in [-0.2, -0.15) is 26.3 Å². The molecule has 0 amide bonds. The van der Waals surface area contributed by atoms with Crippen molar-refractivity contribution >= 4 is 0 Å². The summed E-state index contributed by atoms with van der Waals surface area (Å²) in [5.74, 6) is 0. The third-order valence-electron chi connectivity index (χ3n) is 3.45. The molecule has 0 aliphatic heterocycles. The van der Waals surface area contributed by atoms with Crippen molar-refractivity contribution in [2.24, 2.45) is 0 Å². The van der Waals surface area contributed by atoms with Crippen LogP contribution in [0.25, 0.3) is 0 Å². The van der Waals surface area contributed by atoms with Gasteiger partial charge < -0.3 is 9.59 Å². The third kappa shape index (κ3) is 7.54. The molecule has 0 spiro atoms. The van der Waals surface area contributed by atoms with Crippen LogP contribution in [0.2, 0.25) is 0 Å². The molecule has 0 aliphatic rings. The van der Waals surface area contributed by atoms with Crippen LogP contribution in [-0.2, 0) is 0 Å². The molecule has 0 radical (unpaired) electrons. The lowest BCUT2D eigenvalue weighted by atomic mass is 10.3. The van der Waals surface area contributed by atoms with Gasteiger partial charge in [0.1, 0.15) is 0 Å². The first-order valence-electron chi connectivity index (χ1n) is 6.37. The number of hydrogen-bond donors (Lipinski definition) is 0. The number of halogens is 7. The summed E-state index contributed by atoms with van der Waals surface area (Å²) in [6, 6.07) is -3.53. The van der Waals surface area contributed by atoms with E-state index < -0.39 is 23.9 Å². The van der Waals surface area contributed by atoms with Crippen LogP contribution < -0.4 is 5.11 Å². The maximum Gasteiger partial charge on any atom is 0.422 e. The molecule has 0 unspecified atom stereocenters. The molecule has 0 N–H and O–H groups in total. The zero-order valence-corrected chi connectivity index (χ0v) is 12.3. The predicted octanol–water partition coefficient (Wildman–Crippen LogP) is 3.54. The van der Waals surface area contributed by atoms with Crippen LogP contribution in [0.1, 0.15) is 27.7 Å². The highest BCUT2D eigenvalue weighted by atomic mass is 19.4. The fraction of sp³-hybridized carbons (Fsp3) is 0.833. The number of rotatable bonds is 4. The van der Waals surface area contributed by atoms with Gasteiger partial charge in [-0.05, 0) is 27.7 Å². The van der Waals surface area contributed by atoms with Crippen LogP contribution in [0.3, 0.4) is 0 Å². The van der Waals surface area contributed by atoms with Crippen LogP contribution in [0.5, 0.6) is 0 Å². The number of nitrogens with zero attached hydrogens (tertiary/aromatic N) is 1. The van der Waals surface area contributed by atoms with Gasteiger partial charge in [0.15, 0.2) is 5.57 Å². The maximum absolute atomic E-state index is 11.2. The van der Waals surface area contributed by atoms with E-state index in [0.29, 0.717) is 0 Å². The highest BCUT2D eigenvalue weighted by molar-refractivity contribution is 5.14. The Bertz CT molecular complexity index is 292. The topological polar surface area (TPSA) is 23.1 Å². The van der Waals surface area contributed by atoms with Crippen molar-refractivity contribution in [3.8, 4) is 0 Å². The molecule has 0 aromatic heterocycles. The first-order chi connectivity index (χ1) is 9.31. The molecule has 2 nitrogen and oxygen atoms in total. The Labute approximate surface area is 119 Å². The van der Waals surface area contributed by atoms with E-state index in [0.717, 1.165) is 0 Å². The van der Waals surface area contributed by atoms with E-state index in [9.17, 15) is 35.8 Å². The third-order valence-corrected chi connectivity index (χ3v) is 3.45. The van der Waals surface area contributed by atoms with Gasteiger partial charge in [-0.15, -0.1) is 0 Å². The van der Waals surface area contributed by atoms with Gasteiger partial charge >= 0.3 is 12.4 Å². The number of quaternary nitrogens is 1. The van der Waals surface area contributed by atoms with Gasteiger partial charge in [-0.3, -0.25) is 0 Å². The van der Waals surface area contributed by atoms with E-state index in [4.69, 9.17) is 0 Å².